The lowest BCUT2D eigenvalue weighted by Crippen LogP contribution is -1.98. The molecule has 1 unspecified atom stereocenters. The first kappa shape index (κ1) is 16.2. The summed E-state index contributed by atoms with van der Waals surface area (Å²) in [6.07, 6.45) is 0. The van der Waals surface area contributed by atoms with E-state index in [-0.39, 0.29) is 5.02 Å². The minimum absolute atomic E-state index is 0.00903. The Hall–Kier alpha value is -1.16. The van der Waals surface area contributed by atoms with Crippen LogP contribution in [0, 0.1) is 5.82 Å². The highest BCUT2D eigenvalue weighted by molar-refractivity contribution is 6.33. The minimum Gasteiger partial charge on any atom is -0.493 e. The molecule has 0 saturated carbocycles. The van der Waals surface area contributed by atoms with Gasteiger partial charge in [0.2, 0.25) is 0 Å². The van der Waals surface area contributed by atoms with E-state index in [2.05, 4.69) is 0 Å². The lowest BCUT2D eigenvalue weighted by atomic mass is 10.0. The molecule has 2 aromatic carbocycles. The van der Waals surface area contributed by atoms with Gasteiger partial charge in [0.25, 0.3) is 0 Å². The van der Waals surface area contributed by atoms with Gasteiger partial charge >= 0.3 is 0 Å². The molecule has 21 heavy (non-hydrogen) atoms. The molecule has 1 atom stereocenters. The molecule has 0 N–H and O–H groups in total. The molecule has 2 aromatic rings. The Balaban J connectivity index is 2.47. The van der Waals surface area contributed by atoms with Gasteiger partial charge in [-0.15, -0.1) is 11.6 Å². The zero-order valence-corrected chi connectivity index (χ0v) is 13.6. The summed E-state index contributed by atoms with van der Waals surface area (Å²) in [7, 11) is 3.04. The topological polar surface area (TPSA) is 18.5 Å². The first-order valence-corrected chi connectivity index (χ1v) is 7.17. The summed E-state index contributed by atoms with van der Waals surface area (Å²) in [4.78, 5) is 0. The smallest absolute Gasteiger partial charge is 0.162 e. The summed E-state index contributed by atoms with van der Waals surface area (Å²) < 4.78 is 23.6. The molecular formula is C15H12Cl3FO2. The fraction of sp³-hybridized carbons (Fsp3) is 0.200. The van der Waals surface area contributed by atoms with Crippen LogP contribution in [0.3, 0.4) is 0 Å². The van der Waals surface area contributed by atoms with Gasteiger partial charge < -0.3 is 9.47 Å². The van der Waals surface area contributed by atoms with Crippen molar-refractivity contribution in [3.8, 4) is 11.5 Å². The fourth-order valence-corrected chi connectivity index (χ4v) is 2.74. The van der Waals surface area contributed by atoms with Crippen LogP contribution in [0.25, 0.3) is 0 Å². The normalized spacial score (nSPS) is 12.1. The van der Waals surface area contributed by atoms with E-state index >= 15 is 0 Å². The van der Waals surface area contributed by atoms with Crippen molar-refractivity contribution >= 4 is 34.8 Å². The number of rotatable bonds is 4. The third kappa shape index (κ3) is 3.37. The monoisotopic (exact) mass is 348 g/mol. The van der Waals surface area contributed by atoms with Gasteiger partial charge in [-0.05, 0) is 29.3 Å². The van der Waals surface area contributed by atoms with Gasteiger partial charge in [-0.2, -0.15) is 0 Å². The van der Waals surface area contributed by atoms with Gasteiger partial charge in [0.1, 0.15) is 5.82 Å². The number of benzene rings is 2. The Morgan fingerprint density at radius 1 is 0.952 bits per heavy atom. The third-order valence-electron chi connectivity index (χ3n) is 3.01. The highest BCUT2D eigenvalue weighted by Gasteiger charge is 2.19. The van der Waals surface area contributed by atoms with Crippen molar-refractivity contribution in [3.05, 3.63) is 57.3 Å². The van der Waals surface area contributed by atoms with Crippen LogP contribution in [-0.2, 0) is 0 Å². The average Bonchev–Trinajstić information content (AvgIpc) is 2.49. The van der Waals surface area contributed by atoms with Crippen molar-refractivity contribution < 1.29 is 13.9 Å². The second-order valence-corrected chi connectivity index (χ2v) is 5.52. The van der Waals surface area contributed by atoms with Crippen molar-refractivity contribution in [1.29, 1.82) is 0 Å². The van der Waals surface area contributed by atoms with Crippen molar-refractivity contribution in [2.75, 3.05) is 14.2 Å². The van der Waals surface area contributed by atoms with E-state index in [9.17, 15) is 4.39 Å². The highest BCUT2D eigenvalue weighted by Crippen LogP contribution is 2.40. The maximum atomic E-state index is 13.2. The van der Waals surface area contributed by atoms with Crippen LogP contribution in [0.1, 0.15) is 16.5 Å². The van der Waals surface area contributed by atoms with Crippen LogP contribution in [0.2, 0.25) is 10.0 Å². The molecule has 0 aliphatic rings. The predicted molar refractivity (Wildman–Crippen MR) is 83.7 cm³/mol. The van der Waals surface area contributed by atoms with E-state index in [1.54, 1.807) is 18.2 Å². The highest BCUT2D eigenvalue weighted by atomic mass is 35.5. The molecule has 0 radical (unpaired) electrons. The third-order valence-corrected chi connectivity index (χ3v) is 4.12. The molecule has 0 aliphatic carbocycles. The van der Waals surface area contributed by atoms with Crippen LogP contribution in [0.4, 0.5) is 4.39 Å². The molecule has 2 rings (SSSR count). The van der Waals surface area contributed by atoms with Gasteiger partial charge in [0.05, 0.1) is 24.6 Å². The van der Waals surface area contributed by atoms with Crippen LogP contribution in [0.15, 0.2) is 30.3 Å². The second-order valence-electron chi connectivity index (χ2n) is 4.26. The summed E-state index contributed by atoms with van der Waals surface area (Å²) in [6, 6.07) is 7.61. The van der Waals surface area contributed by atoms with Gasteiger partial charge in [-0.1, -0.05) is 29.3 Å². The Labute approximate surface area is 137 Å². The molecular weight excluding hydrogens is 338 g/mol. The fourth-order valence-electron chi connectivity index (χ4n) is 1.91. The minimum atomic E-state index is -0.588. The number of alkyl halides is 1. The van der Waals surface area contributed by atoms with Gasteiger partial charge in [0, 0.05) is 11.1 Å². The molecule has 0 spiro atoms. The van der Waals surface area contributed by atoms with E-state index < -0.39 is 11.2 Å². The van der Waals surface area contributed by atoms with Gasteiger partial charge in [0.15, 0.2) is 11.5 Å². The molecule has 112 valence electrons. The van der Waals surface area contributed by atoms with E-state index in [4.69, 9.17) is 44.3 Å². The van der Waals surface area contributed by atoms with E-state index in [0.717, 1.165) is 0 Å². The van der Waals surface area contributed by atoms with Crippen LogP contribution < -0.4 is 9.47 Å². The summed E-state index contributed by atoms with van der Waals surface area (Å²) in [5.41, 5.74) is 1.26. The molecule has 0 aromatic heterocycles. The van der Waals surface area contributed by atoms with Gasteiger partial charge in [-0.3, -0.25) is 0 Å². The zero-order chi connectivity index (χ0) is 15.6. The van der Waals surface area contributed by atoms with Crippen molar-refractivity contribution in [2.24, 2.45) is 0 Å². The first-order valence-electron chi connectivity index (χ1n) is 5.98. The van der Waals surface area contributed by atoms with Crippen molar-refractivity contribution in [1.82, 2.24) is 0 Å². The van der Waals surface area contributed by atoms with Crippen molar-refractivity contribution in [2.45, 2.75) is 5.38 Å². The molecule has 0 fully saturated rings. The number of hydrogen-bond acceptors (Lipinski definition) is 2. The molecule has 0 heterocycles. The number of ether oxygens (including phenoxy) is 2. The summed E-state index contributed by atoms with van der Waals surface area (Å²) in [5.74, 6) is 0.519. The SMILES string of the molecule is COc1cc(Cl)c(C(Cl)c2ccc(F)c(Cl)c2)cc1OC. The second kappa shape index (κ2) is 6.73. The first-order chi connectivity index (χ1) is 9.97. The lowest BCUT2D eigenvalue weighted by Gasteiger charge is -2.16. The maximum Gasteiger partial charge on any atom is 0.162 e. The Morgan fingerprint density at radius 2 is 1.57 bits per heavy atom. The maximum absolute atomic E-state index is 13.2. The summed E-state index contributed by atoms with van der Waals surface area (Å²) >= 11 is 18.4. The average molecular weight is 350 g/mol. The Kier molecular flexibility index (Phi) is 5.20. The molecule has 0 bridgehead atoms. The summed E-state index contributed by atoms with van der Waals surface area (Å²) in [5, 5.41) is -0.154. The zero-order valence-electron chi connectivity index (χ0n) is 11.3. The standard InChI is InChI=1S/C15H12Cl3FO2/c1-20-13-6-9(10(16)7-14(13)21-2)15(18)8-3-4-12(19)11(17)5-8/h3-7,15H,1-2H3. The molecule has 0 amide bonds. The molecule has 0 saturated heterocycles. The molecule has 0 aliphatic heterocycles. The number of halogens is 4. The predicted octanol–water partition coefficient (Wildman–Crippen LogP) is 5.48. The quantitative estimate of drug-likeness (QED) is 0.681. The number of hydrogen-bond donors (Lipinski definition) is 0. The van der Waals surface area contributed by atoms with E-state index in [1.807, 2.05) is 0 Å². The Morgan fingerprint density at radius 3 is 2.14 bits per heavy atom. The Bertz CT molecular complexity index is 662. The van der Waals surface area contributed by atoms with E-state index in [1.165, 1.54) is 26.4 Å². The number of methoxy groups -OCH3 is 2. The summed E-state index contributed by atoms with van der Waals surface area (Å²) in [6.45, 7) is 0. The van der Waals surface area contributed by atoms with Crippen molar-refractivity contribution in [3.63, 3.8) is 0 Å². The lowest BCUT2D eigenvalue weighted by molar-refractivity contribution is 0.354. The molecule has 2 nitrogen and oxygen atoms in total. The van der Waals surface area contributed by atoms with E-state index in [0.29, 0.717) is 27.6 Å². The van der Waals surface area contributed by atoms with Gasteiger partial charge in [-0.25, -0.2) is 4.39 Å². The largest absolute Gasteiger partial charge is 0.493 e. The van der Waals surface area contributed by atoms with Crippen LogP contribution >= 0.6 is 34.8 Å². The molecule has 6 heteroatoms. The van der Waals surface area contributed by atoms with Crippen LogP contribution in [0.5, 0.6) is 11.5 Å². The van der Waals surface area contributed by atoms with Crippen LogP contribution in [-0.4, -0.2) is 14.2 Å².